The lowest BCUT2D eigenvalue weighted by atomic mass is 10.3. The van der Waals surface area contributed by atoms with Crippen LogP contribution in [-0.2, 0) is 6.54 Å². The predicted octanol–water partition coefficient (Wildman–Crippen LogP) is 2.25. The molecule has 1 amide bonds. The number of carbonyl (C=O) groups excluding carboxylic acids is 1. The topological polar surface area (TPSA) is 85.2 Å². The van der Waals surface area contributed by atoms with Crippen molar-refractivity contribution in [2.45, 2.75) is 11.7 Å². The normalized spacial score (nSPS) is 10.9. The highest BCUT2D eigenvalue weighted by molar-refractivity contribution is 7.99. The van der Waals surface area contributed by atoms with Crippen molar-refractivity contribution in [1.29, 1.82) is 0 Å². The maximum absolute atomic E-state index is 12.4. The third kappa shape index (κ3) is 5.55. The molecule has 0 fully saturated rings. The van der Waals surface area contributed by atoms with Crippen molar-refractivity contribution in [2.75, 3.05) is 33.5 Å². The van der Waals surface area contributed by atoms with Crippen LogP contribution in [0.25, 0.3) is 5.69 Å². The minimum Gasteiger partial charge on any atom is -0.497 e. The van der Waals surface area contributed by atoms with Crippen LogP contribution in [0.15, 0.2) is 53.8 Å². The lowest BCUT2D eigenvalue weighted by molar-refractivity contribution is 0.0944. The second-order valence-electron chi connectivity index (χ2n) is 6.49. The summed E-state index contributed by atoms with van der Waals surface area (Å²) in [5.41, 5.74) is 1.24. The van der Waals surface area contributed by atoms with Crippen molar-refractivity contribution in [3.8, 4) is 11.4 Å². The Labute approximate surface area is 174 Å². The summed E-state index contributed by atoms with van der Waals surface area (Å²) in [7, 11) is 5.70. The number of benzene rings is 1. The van der Waals surface area contributed by atoms with Gasteiger partial charge in [0, 0.05) is 24.6 Å². The van der Waals surface area contributed by atoms with Crippen LogP contribution in [0.2, 0.25) is 0 Å². The number of hydrogen-bond donors (Lipinski definition) is 1. The van der Waals surface area contributed by atoms with Gasteiger partial charge in [-0.1, -0.05) is 23.9 Å². The molecule has 8 nitrogen and oxygen atoms in total. The Morgan fingerprint density at radius 3 is 2.79 bits per heavy atom. The first-order chi connectivity index (χ1) is 14.1. The van der Waals surface area contributed by atoms with Gasteiger partial charge in [0.1, 0.15) is 11.4 Å². The molecule has 2 heterocycles. The van der Waals surface area contributed by atoms with E-state index >= 15 is 0 Å². The number of nitrogens with one attached hydrogen (secondary N) is 1. The third-order valence-electron chi connectivity index (χ3n) is 4.09. The monoisotopic (exact) mass is 412 g/mol. The highest BCUT2D eigenvalue weighted by Gasteiger charge is 2.16. The quantitative estimate of drug-likeness (QED) is 0.540. The van der Waals surface area contributed by atoms with Crippen molar-refractivity contribution < 1.29 is 9.53 Å². The Morgan fingerprint density at radius 1 is 1.21 bits per heavy atom. The van der Waals surface area contributed by atoms with Crippen LogP contribution in [0.3, 0.4) is 0 Å². The maximum Gasteiger partial charge on any atom is 0.270 e. The van der Waals surface area contributed by atoms with E-state index in [0.717, 1.165) is 28.9 Å². The van der Waals surface area contributed by atoms with Crippen LogP contribution in [0.1, 0.15) is 16.3 Å². The lowest BCUT2D eigenvalue weighted by Crippen LogP contribution is -2.25. The SMILES string of the molecule is COc1cccc(-n2c(CNC(=O)c3ccccn3)nnc2SCCN(C)C)c1. The second-order valence-corrected chi connectivity index (χ2v) is 7.55. The van der Waals surface area contributed by atoms with Crippen molar-refractivity contribution in [3.63, 3.8) is 0 Å². The molecule has 29 heavy (non-hydrogen) atoms. The average Bonchev–Trinajstić information content (AvgIpc) is 3.15. The summed E-state index contributed by atoms with van der Waals surface area (Å²) in [4.78, 5) is 18.6. The first-order valence-corrected chi connectivity index (χ1v) is 10.1. The van der Waals surface area contributed by atoms with E-state index in [-0.39, 0.29) is 12.5 Å². The molecule has 152 valence electrons. The zero-order chi connectivity index (χ0) is 20.6. The summed E-state index contributed by atoms with van der Waals surface area (Å²) in [5, 5.41) is 12.3. The van der Waals surface area contributed by atoms with E-state index in [9.17, 15) is 4.79 Å². The molecular formula is C20H24N6O2S. The third-order valence-corrected chi connectivity index (χ3v) is 5.00. The Kier molecular flexibility index (Phi) is 7.20. The molecule has 2 aromatic heterocycles. The number of hydrogen-bond acceptors (Lipinski definition) is 7. The lowest BCUT2D eigenvalue weighted by Gasteiger charge is -2.13. The molecule has 0 saturated carbocycles. The summed E-state index contributed by atoms with van der Waals surface area (Å²) in [6.07, 6.45) is 1.59. The summed E-state index contributed by atoms with van der Waals surface area (Å²) in [5.74, 6) is 1.99. The van der Waals surface area contributed by atoms with Gasteiger partial charge < -0.3 is 15.0 Å². The van der Waals surface area contributed by atoms with Gasteiger partial charge in [0.25, 0.3) is 5.91 Å². The van der Waals surface area contributed by atoms with E-state index in [4.69, 9.17) is 4.74 Å². The average molecular weight is 413 g/mol. The van der Waals surface area contributed by atoms with Crippen LogP contribution in [0.5, 0.6) is 5.75 Å². The first-order valence-electron chi connectivity index (χ1n) is 9.14. The molecule has 0 aliphatic heterocycles. The minimum atomic E-state index is -0.257. The van der Waals surface area contributed by atoms with E-state index in [1.165, 1.54) is 0 Å². The van der Waals surface area contributed by atoms with Crippen molar-refractivity contribution >= 4 is 17.7 Å². The number of methoxy groups -OCH3 is 1. The minimum absolute atomic E-state index is 0.230. The van der Waals surface area contributed by atoms with Gasteiger partial charge in [-0.15, -0.1) is 10.2 Å². The van der Waals surface area contributed by atoms with E-state index < -0.39 is 0 Å². The van der Waals surface area contributed by atoms with Crippen LogP contribution < -0.4 is 10.1 Å². The van der Waals surface area contributed by atoms with Crippen LogP contribution >= 0.6 is 11.8 Å². The molecule has 3 rings (SSSR count). The van der Waals surface area contributed by atoms with E-state index in [2.05, 4.69) is 25.4 Å². The zero-order valence-corrected chi connectivity index (χ0v) is 17.5. The molecule has 0 spiro atoms. The standard InChI is InChI=1S/C20H24N6O2S/c1-25(2)11-12-29-20-24-23-18(14-22-19(27)17-9-4-5-10-21-17)26(20)15-7-6-8-16(13-15)28-3/h4-10,13H,11-12,14H2,1-3H3,(H,22,27). The number of aromatic nitrogens is 4. The number of nitrogens with zero attached hydrogens (tertiary/aromatic N) is 5. The number of rotatable bonds is 9. The van der Waals surface area contributed by atoms with Crippen molar-refractivity contribution in [1.82, 2.24) is 30.0 Å². The largest absolute Gasteiger partial charge is 0.497 e. The van der Waals surface area contributed by atoms with Gasteiger partial charge in [0.2, 0.25) is 0 Å². The summed E-state index contributed by atoms with van der Waals surface area (Å²) < 4.78 is 7.30. The van der Waals surface area contributed by atoms with Gasteiger partial charge in [-0.2, -0.15) is 0 Å². The van der Waals surface area contributed by atoms with Crippen LogP contribution in [0, 0.1) is 0 Å². The van der Waals surface area contributed by atoms with Gasteiger partial charge in [-0.05, 0) is 38.4 Å². The molecule has 9 heteroatoms. The van der Waals surface area contributed by atoms with Gasteiger partial charge >= 0.3 is 0 Å². The molecule has 0 saturated heterocycles. The molecule has 0 radical (unpaired) electrons. The number of carbonyl (C=O) groups is 1. The molecule has 0 aliphatic carbocycles. The molecular weight excluding hydrogens is 388 g/mol. The number of amides is 1. The zero-order valence-electron chi connectivity index (χ0n) is 16.7. The van der Waals surface area contributed by atoms with Gasteiger partial charge in [-0.25, -0.2) is 0 Å². The Morgan fingerprint density at radius 2 is 2.07 bits per heavy atom. The molecule has 0 bridgehead atoms. The molecule has 1 aromatic carbocycles. The Balaban J connectivity index is 1.83. The smallest absolute Gasteiger partial charge is 0.270 e. The number of pyridine rings is 1. The van der Waals surface area contributed by atoms with E-state index in [1.54, 1.807) is 43.3 Å². The maximum atomic E-state index is 12.4. The molecule has 3 aromatic rings. The molecule has 1 N–H and O–H groups in total. The highest BCUT2D eigenvalue weighted by Crippen LogP contribution is 2.24. The fourth-order valence-electron chi connectivity index (χ4n) is 2.58. The number of ether oxygens (including phenoxy) is 1. The fourth-order valence-corrected chi connectivity index (χ4v) is 3.66. The Bertz CT molecular complexity index is 945. The molecule has 0 unspecified atom stereocenters. The summed E-state index contributed by atoms with van der Waals surface area (Å²) >= 11 is 1.62. The van der Waals surface area contributed by atoms with Crippen LogP contribution in [0.4, 0.5) is 0 Å². The number of thioether (sulfide) groups is 1. The highest BCUT2D eigenvalue weighted by atomic mass is 32.2. The molecule has 0 aliphatic rings. The fraction of sp³-hybridized carbons (Fsp3) is 0.300. The summed E-state index contributed by atoms with van der Waals surface area (Å²) in [6, 6.07) is 12.9. The van der Waals surface area contributed by atoms with Gasteiger partial charge in [0.15, 0.2) is 11.0 Å². The van der Waals surface area contributed by atoms with E-state index in [1.807, 2.05) is 42.9 Å². The second kappa shape index (κ2) is 10.0. The predicted molar refractivity (Wildman–Crippen MR) is 113 cm³/mol. The van der Waals surface area contributed by atoms with Crippen LogP contribution in [-0.4, -0.2) is 64.1 Å². The van der Waals surface area contributed by atoms with Gasteiger partial charge in [-0.3, -0.25) is 14.3 Å². The van der Waals surface area contributed by atoms with Crippen molar-refractivity contribution in [2.24, 2.45) is 0 Å². The first kappa shape index (κ1) is 20.8. The molecule has 0 atom stereocenters. The van der Waals surface area contributed by atoms with Gasteiger partial charge in [0.05, 0.1) is 19.3 Å². The van der Waals surface area contributed by atoms with Crippen molar-refractivity contribution in [3.05, 3.63) is 60.2 Å². The Hall–Kier alpha value is -2.91. The summed E-state index contributed by atoms with van der Waals surface area (Å²) in [6.45, 7) is 1.15. The van der Waals surface area contributed by atoms with E-state index in [0.29, 0.717) is 11.5 Å².